The van der Waals surface area contributed by atoms with Gasteiger partial charge in [-0.15, -0.1) is 11.3 Å². The third-order valence-corrected chi connectivity index (χ3v) is 4.57. The van der Waals surface area contributed by atoms with E-state index >= 15 is 0 Å². The van der Waals surface area contributed by atoms with E-state index in [-0.39, 0.29) is 0 Å². The number of thiazole rings is 1. The van der Waals surface area contributed by atoms with Gasteiger partial charge in [0.2, 0.25) is 0 Å². The van der Waals surface area contributed by atoms with E-state index in [0.29, 0.717) is 12.5 Å². The number of aromatic nitrogens is 1. The molecule has 1 aromatic carbocycles. The molecule has 21 heavy (non-hydrogen) atoms. The van der Waals surface area contributed by atoms with E-state index in [0.717, 1.165) is 23.8 Å². The zero-order chi connectivity index (χ0) is 15.2. The first kappa shape index (κ1) is 16.1. The average Bonchev–Trinajstić information content (AvgIpc) is 2.88. The summed E-state index contributed by atoms with van der Waals surface area (Å²) in [6, 6.07) is 8.73. The van der Waals surface area contributed by atoms with E-state index in [1.54, 1.807) is 18.4 Å². The molecule has 0 radical (unpaired) electrons. The maximum atomic E-state index is 5.26. The van der Waals surface area contributed by atoms with Gasteiger partial charge in [-0.25, -0.2) is 4.98 Å². The molecule has 2 aromatic rings. The van der Waals surface area contributed by atoms with Crippen molar-refractivity contribution in [1.82, 2.24) is 10.3 Å². The van der Waals surface area contributed by atoms with Gasteiger partial charge in [0.15, 0.2) is 0 Å². The number of hydrogen-bond donors (Lipinski definition) is 1. The molecule has 114 valence electrons. The summed E-state index contributed by atoms with van der Waals surface area (Å²) < 4.78 is 5.26. The summed E-state index contributed by atoms with van der Waals surface area (Å²) in [6.07, 6.45) is 0. The molecule has 0 saturated heterocycles. The van der Waals surface area contributed by atoms with Crippen molar-refractivity contribution in [3.63, 3.8) is 0 Å². The van der Waals surface area contributed by atoms with E-state index in [9.17, 15) is 0 Å². The van der Waals surface area contributed by atoms with Crippen molar-refractivity contribution in [3.05, 3.63) is 40.4 Å². The smallest absolute Gasteiger partial charge is 0.124 e. The highest BCUT2D eigenvalue weighted by atomic mass is 32.1. The highest BCUT2D eigenvalue weighted by Gasteiger charge is 2.12. The molecule has 2 rings (SSSR count). The highest BCUT2D eigenvalue weighted by molar-refractivity contribution is 7.15. The molecule has 3 nitrogen and oxygen atoms in total. The molecule has 0 bridgehead atoms. The van der Waals surface area contributed by atoms with Crippen LogP contribution in [0, 0.1) is 0 Å². The van der Waals surface area contributed by atoms with Crippen LogP contribution in [0.5, 0.6) is 0 Å². The number of methoxy groups -OCH3 is 1. The van der Waals surface area contributed by atoms with E-state index in [1.807, 2.05) is 0 Å². The van der Waals surface area contributed by atoms with Gasteiger partial charge in [0.25, 0.3) is 0 Å². The van der Waals surface area contributed by atoms with Gasteiger partial charge in [-0.1, -0.05) is 45.0 Å². The van der Waals surface area contributed by atoms with Gasteiger partial charge in [-0.2, -0.15) is 0 Å². The molecule has 1 N–H and O–H groups in total. The Balaban J connectivity index is 2.26. The van der Waals surface area contributed by atoms with Crippen molar-refractivity contribution in [2.75, 3.05) is 13.7 Å². The molecule has 0 spiro atoms. The number of rotatable bonds is 7. The van der Waals surface area contributed by atoms with Crippen LogP contribution >= 0.6 is 11.3 Å². The second kappa shape index (κ2) is 7.69. The molecule has 0 aliphatic carbocycles. The van der Waals surface area contributed by atoms with Crippen molar-refractivity contribution in [2.45, 2.75) is 39.8 Å². The Labute approximate surface area is 131 Å². The number of nitrogens with one attached hydrogen (secondary N) is 1. The summed E-state index contributed by atoms with van der Waals surface area (Å²) in [5.74, 6) is 0.559. The number of nitrogens with zero attached hydrogens (tertiary/aromatic N) is 1. The van der Waals surface area contributed by atoms with Crippen LogP contribution in [0.1, 0.15) is 42.8 Å². The molecular weight excluding hydrogens is 280 g/mol. The first-order chi connectivity index (χ1) is 10.2. The molecule has 0 fully saturated rings. The Morgan fingerprint density at radius 3 is 2.52 bits per heavy atom. The van der Waals surface area contributed by atoms with Crippen molar-refractivity contribution in [3.8, 4) is 10.6 Å². The third-order valence-electron chi connectivity index (χ3n) is 3.42. The van der Waals surface area contributed by atoms with Crippen LogP contribution in [0.3, 0.4) is 0 Å². The molecule has 0 atom stereocenters. The first-order valence-electron chi connectivity index (χ1n) is 7.44. The predicted octanol–water partition coefficient (Wildman–Crippen LogP) is 4.19. The minimum Gasteiger partial charge on any atom is -0.378 e. The Hall–Kier alpha value is -1.23. The van der Waals surface area contributed by atoms with Crippen LogP contribution in [0.4, 0.5) is 0 Å². The van der Waals surface area contributed by atoms with Crippen LogP contribution in [-0.4, -0.2) is 18.6 Å². The zero-order valence-corrected chi connectivity index (χ0v) is 14.1. The summed E-state index contributed by atoms with van der Waals surface area (Å²) in [6.45, 7) is 8.93. The molecule has 0 saturated carbocycles. The van der Waals surface area contributed by atoms with Crippen LogP contribution in [-0.2, 0) is 17.9 Å². The Morgan fingerprint density at radius 2 is 1.95 bits per heavy atom. The standard InChI is InChI=1S/C17H24N2OS/c1-5-18-10-16-15(11-20-4)19-17(21-16)14-8-6-13(7-9-14)12(2)3/h6-9,12,18H,5,10-11H2,1-4H3. The van der Waals surface area contributed by atoms with Crippen LogP contribution < -0.4 is 5.32 Å². The quantitative estimate of drug-likeness (QED) is 0.833. The Bertz CT molecular complexity index is 561. The van der Waals surface area contributed by atoms with Gasteiger partial charge in [0.05, 0.1) is 12.3 Å². The summed E-state index contributed by atoms with van der Waals surface area (Å²) in [5, 5.41) is 4.44. The minimum atomic E-state index is 0.559. The van der Waals surface area contributed by atoms with Crippen molar-refractivity contribution in [2.24, 2.45) is 0 Å². The second-order valence-corrected chi connectivity index (χ2v) is 6.46. The zero-order valence-electron chi connectivity index (χ0n) is 13.3. The summed E-state index contributed by atoms with van der Waals surface area (Å²) in [4.78, 5) is 6.02. The van der Waals surface area contributed by atoms with Gasteiger partial charge in [0.1, 0.15) is 5.01 Å². The lowest BCUT2D eigenvalue weighted by Crippen LogP contribution is -2.12. The number of benzene rings is 1. The molecule has 1 heterocycles. The van der Waals surface area contributed by atoms with E-state index < -0.39 is 0 Å². The highest BCUT2D eigenvalue weighted by Crippen LogP contribution is 2.29. The molecule has 1 aromatic heterocycles. The molecule has 0 aliphatic rings. The Kier molecular flexibility index (Phi) is 5.91. The van der Waals surface area contributed by atoms with Crippen molar-refractivity contribution >= 4 is 11.3 Å². The molecule has 4 heteroatoms. The average molecular weight is 304 g/mol. The fourth-order valence-electron chi connectivity index (χ4n) is 2.14. The van der Waals surface area contributed by atoms with Crippen LogP contribution in [0.25, 0.3) is 10.6 Å². The monoisotopic (exact) mass is 304 g/mol. The minimum absolute atomic E-state index is 0.559. The third kappa shape index (κ3) is 4.13. The second-order valence-electron chi connectivity index (χ2n) is 5.38. The lowest BCUT2D eigenvalue weighted by molar-refractivity contribution is 0.181. The topological polar surface area (TPSA) is 34.2 Å². The molecular formula is C17H24N2OS. The fraction of sp³-hybridized carbons (Fsp3) is 0.471. The molecule has 0 amide bonds. The Morgan fingerprint density at radius 1 is 1.24 bits per heavy atom. The largest absolute Gasteiger partial charge is 0.378 e. The van der Waals surface area contributed by atoms with Gasteiger partial charge in [-0.3, -0.25) is 0 Å². The summed E-state index contributed by atoms with van der Waals surface area (Å²) in [5.41, 5.74) is 3.59. The van der Waals surface area contributed by atoms with Crippen molar-refractivity contribution < 1.29 is 4.74 Å². The summed E-state index contributed by atoms with van der Waals surface area (Å²) >= 11 is 1.75. The maximum Gasteiger partial charge on any atom is 0.124 e. The van der Waals surface area contributed by atoms with Gasteiger partial charge < -0.3 is 10.1 Å². The molecule has 0 aliphatic heterocycles. The van der Waals surface area contributed by atoms with E-state index in [4.69, 9.17) is 9.72 Å². The number of hydrogen-bond acceptors (Lipinski definition) is 4. The van der Waals surface area contributed by atoms with Crippen LogP contribution in [0.2, 0.25) is 0 Å². The van der Waals surface area contributed by atoms with E-state index in [2.05, 4.69) is 50.4 Å². The normalized spacial score (nSPS) is 11.3. The van der Waals surface area contributed by atoms with Gasteiger partial charge in [0, 0.05) is 24.1 Å². The van der Waals surface area contributed by atoms with Crippen LogP contribution in [0.15, 0.2) is 24.3 Å². The fourth-order valence-corrected chi connectivity index (χ4v) is 3.18. The maximum absolute atomic E-state index is 5.26. The summed E-state index contributed by atoms with van der Waals surface area (Å²) in [7, 11) is 1.72. The molecule has 0 unspecified atom stereocenters. The SMILES string of the molecule is CCNCc1sc(-c2ccc(C(C)C)cc2)nc1COC. The number of ether oxygens (including phenoxy) is 1. The van der Waals surface area contributed by atoms with Gasteiger partial charge in [-0.05, 0) is 18.0 Å². The lowest BCUT2D eigenvalue weighted by atomic mass is 10.0. The predicted molar refractivity (Wildman–Crippen MR) is 89.7 cm³/mol. The van der Waals surface area contributed by atoms with Gasteiger partial charge >= 0.3 is 0 Å². The lowest BCUT2D eigenvalue weighted by Gasteiger charge is -2.05. The van der Waals surface area contributed by atoms with Crippen molar-refractivity contribution in [1.29, 1.82) is 0 Å². The van der Waals surface area contributed by atoms with E-state index in [1.165, 1.54) is 16.0 Å². The first-order valence-corrected chi connectivity index (χ1v) is 8.25.